The summed E-state index contributed by atoms with van der Waals surface area (Å²) in [5.41, 5.74) is 1.81. The monoisotopic (exact) mass is 392 g/mol. The van der Waals surface area contributed by atoms with E-state index in [2.05, 4.69) is 22.2 Å². The Balaban J connectivity index is 1.39. The third-order valence-corrected chi connectivity index (χ3v) is 5.56. The molecule has 1 aliphatic heterocycles. The summed E-state index contributed by atoms with van der Waals surface area (Å²) in [4.78, 5) is 35.5. The van der Waals surface area contributed by atoms with Crippen molar-refractivity contribution in [1.29, 1.82) is 0 Å². The number of nitrogens with one attached hydrogen (secondary N) is 1. The van der Waals surface area contributed by atoms with Gasteiger partial charge in [0.15, 0.2) is 5.76 Å². The molecule has 0 unspecified atom stereocenters. The van der Waals surface area contributed by atoms with E-state index in [1.54, 1.807) is 30.7 Å². The molecule has 0 bridgehead atoms. The summed E-state index contributed by atoms with van der Waals surface area (Å²) < 4.78 is 5.63. The zero-order valence-corrected chi connectivity index (χ0v) is 16.6. The summed E-state index contributed by atoms with van der Waals surface area (Å²) in [6.07, 6.45) is 7.18. The normalized spacial score (nSPS) is 16.0. The largest absolute Gasteiger partial charge is 0.451 e. The first-order chi connectivity index (χ1) is 14.0. The molecule has 7 heteroatoms. The molecule has 29 heavy (non-hydrogen) atoms. The number of pyridine rings is 2. The van der Waals surface area contributed by atoms with Gasteiger partial charge < -0.3 is 14.6 Å². The van der Waals surface area contributed by atoms with Gasteiger partial charge in [-0.1, -0.05) is 6.92 Å². The van der Waals surface area contributed by atoms with Gasteiger partial charge >= 0.3 is 0 Å². The summed E-state index contributed by atoms with van der Waals surface area (Å²) in [5.74, 6) is -0.0347. The van der Waals surface area contributed by atoms with Crippen LogP contribution in [-0.2, 0) is 6.42 Å². The fraction of sp³-hybridized carbons (Fsp3) is 0.364. The number of hydrogen-bond donors (Lipinski definition) is 1. The second-order valence-electron chi connectivity index (χ2n) is 7.73. The number of nitrogens with zero attached hydrogens (tertiary/aromatic N) is 3. The van der Waals surface area contributed by atoms with Gasteiger partial charge in [-0.2, -0.15) is 0 Å². The predicted octanol–water partition coefficient (Wildman–Crippen LogP) is 3.21. The fourth-order valence-electron chi connectivity index (χ4n) is 3.63. The maximum atomic E-state index is 12.8. The van der Waals surface area contributed by atoms with Crippen LogP contribution in [0.2, 0.25) is 0 Å². The third kappa shape index (κ3) is 3.99. The van der Waals surface area contributed by atoms with Crippen molar-refractivity contribution in [3.8, 4) is 0 Å². The molecule has 4 heterocycles. The van der Waals surface area contributed by atoms with Crippen LogP contribution in [0.25, 0.3) is 11.0 Å². The van der Waals surface area contributed by atoms with E-state index in [-0.39, 0.29) is 17.6 Å². The van der Waals surface area contributed by atoms with E-state index >= 15 is 0 Å². The number of furan rings is 1. The number of carbonyl (C=O) groups is 2. The average molecular weight is 392 g/mol. The van der Waals surface area contributed by atoms with E-state index in [4.69, 9.17) is 4.42 Å². The Morgan fingerprint density at radius 2 is 2.00 bits per heavy atom. The van der Waals surface area contributed by atoms with Gasteiger partial charge in [-0.25, -0.2) is 0 Å². The van der Waals surface area contributed by atoms with Crippen molar-refractivity contribution in [3.63, 3.8) is 0 Å². The molecule has 7 nitrogen and oxygen atoms in total. The molecule has 0 saturated carbocycles. The molecule has 2 amide bonds. The number of amides is 2. The minimum atomic E-state index is -0.399. The van der Waals surface area contributed by atoms with E-state index < -0.39 is 5.54 Å². The Morgan fingerprint density at radius 3 is 2.72 bits per heavy atom. The summed E-state index contributed by atoms with van der Waals surface area (Å²) in [7, 11) is 0. The highest BCUT2D eigenvalue weighted by Gasteiger charge is 2.34. The van der Waals surface area contributed by atoms with Crippen molar-refractivity contribution >= 4 is 22.8 Å². The van der Waals surface area contributed by atoms with Crippen LogP contribution in [0.1, 0.15) is 53.3 Å². The number of hydrogen-bond acceptors (Lipinski definition) is 5. The van der Waals surface area contributed by atoms with Gasteiger partial charge in [0.1, 0.15) is 11.3 Å². The van der Waals surface area contributed by atoms with E-state index in [1.807, 2.05) is 24.0 Å². The topological polar surface area (TPSA) is 88.3 Å². The van der Waals surface area contributed by atoms with Crippen molar-refractivity contribution in [2.24, 2.45) is 0 Å². The Hall–Kier alpha value is -3.22. The van der Waals surface area contributed by atoms with Gasteiger partial charge in [0.2, 0.25) is 0 Å². The van der Waals surface area contributed by atoms with Crippen molar-refractivity contribution < 1.29 is 14.0 Å². The number of rotatable bonds is 4. The van der Waals surface area contributed by atoms with E-state index in [9.17, 15) is 9.59 Å². The molecule has 0 aromatic carbocycles. The Bertz CT molecular complexity index is 1020. The summed E-state index contributed by atoms with van der Waals surface area (Å²) in [6.45, 7) is 5.19. The fourth-order valence-corrected chi connectivity index (χ4v) is 3.63. The number of aryl methyl sites for hydroxylation is 1. The number of piperidine rings is 1. The lowest BCUT2D eigenvalue weighted by molar-refractivity contribution is 0.0628. The molecule has 1 fully saturated rings. The van der Waals surface area contributed by atoms with Crippen molar-refractivity contribution in [3.05, 3.63) is 59.9 Å². The zero-order chi connectivity index (χ0) is 20.4. The second-order valence-corrected chi connectivity index (χ2v) is 7.73. The van der Waals surface area contributed by atoms with Crippen LogP contribution in [0, 0.1) is 0 Å². The lowest BCUT2D eigenvalue weighted by Crippen LogP contribution is -2.54. The van der Waals surface area contributed by atoms with Gasteiger partial charge in [0, 0.05) is 42.6 Å². The van der Waals surface area contributed by atoms with Crippen LogP contribution < -0.4 is 5.32 Å². The highest BCUT2D eigenvalue weighted by Crippen LogP contribution is 2.25. The van der Waals surface area contributed by atoms with E-state index in [0.717, 1.165) is 17.4 Å². The average Bonchev–Trinajstić information content (AvgIpc) is 3.18. The van der Waals surface area contributed by atoms with E-state index in [1.165, 1.54) is 0 Å². The molecular formula is C22H24N4O3. The molecular weight excluding hydrogens is 368 g/mol. The molecule has 1 N–H and O–H groups in total. The summed E-state index contributed by atoms with van der Waals surface area (Å²) in [6, 6.07) is 7.22. The maximum Gasteiger partial charge on any atom is 0.287 e. The predicted molar refractivity (Wildman–Crippen MR) is 109 cm³/mol. The Morgan fingerprint density at radius 1 is 1.21 bits per heavy atom. The van der Waals surface area contributed by atoms with Crippen LogP contribution >= 0.6 is 0 Å². The first kappa shape index (κ1) is 19.1. The molecule has 3 aromatic heterocycles. The van der Waals surface area contributed by atoms with Crippen LogP contribution in [0.4, 0.5) is 0 Å². The molecule has 4 rings (SSSR count). The first-order valence-corrected chi connectivity index (χ1v) is 9.88. The molecule has 0 atom stereocenters. The molecule has 3 aromatic rings. The minimum absolute atomic E-state index is 0.0570. The number of carbonyl (C=O) groups excluding carboxylic acids is 2. The van der Waals surface area contributed by atoms with Crippen LogP contribution in [-0.4, -0.2) is 45.3 Å². The van der Waals surface area contributed by atoms with Crippen LogP contribution in [0.15, 0.2) is 47.3 Å². The molecule has 0 aliphatic carbocycles. The molecule has 150 valence electrons. The highest BCUT2D eigenvalue weighted by atomic mass is 16.3. The molecule has 0 radical (unpaired) electrons. The van der Waals surface area contributed by atoms with E-state index in [0.29, 0.717) is 37.2 Å². The van der Waals surface area contributed by atoms with Crippen LogP contribution in [0.3, 0.4) is 0 Å². The third-order valence-electron chi connectivity index (χ3n) is 5.56. The summed E-state index contributed by atoms with van der Waals surface area (Å²) in [5, 5.41) is 3.88. The highest BCUT2D eigenvalue weighted by molar-refractivity contribution is 5.96. The van der Waals surface area contributed by atoms with Gasteiger partial charge in [0.05, 0.1) is 0 Å². The Kier molecular flexibility index (Phi) is 5.05. The number of likely N-dealkylation sites (tertiary alicyclic amines) is 1. The van der Waals surface area contributed by atoms with Gasteiger partial charge in [-0.15, -0.1) is 0 Å². The zero-order valence-electron chi connectivity index (χ0n) is 16.6. The Labute approximate surface area is 169 Å². The van der Waals surface area contributed by atoms with Crippen molar-refractivity contribution in [1.82, 2.24) is 20.2 Å². The van der Waals surface area contributed by atoms with Crippen molar-refractivity contribution in [2.45, 2.75) is 38.6 Å². The smallest absolute Gasteiger partial charge is 0.287 e. The first-order valence-electron chi connectivity index (χ1n) is 9.88. The maximum absolute atomic E-state index is 12.8. The quantitative estimate of drug-likeness (QED) is 0.737. The van der Waals surface area contributed by atoms with Crippen molar-refractivity contribution in [2.75, 3.05) is 13.1 Å². The summed E-state index contributed by atoms with van der Waals surface area (Å²) >= 11 is 0. The lowest BCUT2D eigenvalue weighted by Gasteiger charge is -2.39. The standard InChI is InChI=1S/C22H24N4O3/c1-3-15-4-9-24-17(12-15)21(28)26-10-6-22(2,7-11-26)25-20(27)19-13-16-14-23-8-5-18(16)29-19/h4-5,8-9,12-14H,3,6-7,10-11H2,1-2H3,(H,25,27). The molecule has 1 saturated heterocycles. The second kappa shape index (κ2) is 7.66. The number of fused-ring (bicyclic) bond motifs is 1. The van der Waals surface area contributed by atoms with Gasteiger partial charge in [-0.3, -0.25) is 19.6 Å². The molecule has 1 aliphatic rings. The van der Waals surface area contributed by atoms with Gasteiger partial charge in [-0.05, 0) is 56.0 Å². The molecule has 0 spiro atoms. The lowest BCUT2D eigenvalue weighted by atomic mass is 9.89. The SMILES string of the molecule is CCc1ccnc(C(=O)N2CCC(C)(NC(=O)c3cc4cnccc4o3)CC2)c1. The van der Waals surface area contributed by atoms with Gasteiger partial charge in [0.25, 0.3) is 11.8 Å². The number of aromatic nitrogens is 2. The minimum Gasteiger partial charge on any atom is -0.451 e. The van der Waals surface area contributed by atoms with Crippen LogP contribution in [0.5, 0.6) is 0 Å².